The maximum absolute atomic E-state index is 13.9. The first-order valence-corrected chi connectivity index (χ1v) is 11.6. The lowest BCUT2D eigenvalue weighted by molar-refractivity contribution is 0.174. The lowest BCUT2D eigenvalue weighted by atomic mass is 10.1. The summed E-state index contributed by atoms with van der Waals surface area (Å²) < 4.78 is 24.0. The van der Waals surface area contributed by atoms with Gasteiger partial charge in [-0.1, -0.05) is 6.42 Å². The standard InChI is InChI=1S/C25H26N4O5/c1-31-19-10-15-16(11-20(19)32-2)25(30)29(9-8-28-6-4-3-5-7-28)24-17-12-21-22(34-14-33-21)13-18(17)26-27-23(15)24/h10-13H,3-9,14H2,1-2H3. The monoisotopic (exact) mass is 462 g/mol. The Morgan fingerprint density at radius 3 is 2.29 bits per heavy atom. The fraction of sp³-hybridized carbons (Fsp3) is 0.400. The van der Waals surface area contributed by atoms with Gasteiger partial charge in [0.1, 0.15) is 5.52 Å². The van der Waals surface area contributed by atoms with Gasteiger partial charge in [-0.15, -0.1) is 10.2 Å². The lowest BCUT2D eigenvalue weighted by Crippen LogP contribution is -2.35. The van der Waals surface area contributed by atoms with Crippen LogP contribution < -0.4 is 24.5 Å². The number of fused-ring (bicyclic) bond motifs is 6. The second-order valence-electron chi connectivity index (χ2n) is 8.73. The molecular formula is C25H26N4O5. The van der Waals surface area contributed by atoms with Crippen molar-refractivity contribution < 1.29 is 18.9 Å². The number of benzene rings is 2. The summed E-state index contributed by atoms with van der Waals surface area (Å²) in [4.78, 5) is 16.3. The second kappa shape index (κ2) is 8.32. The molecule has 34 heavy (non-hydrogen) atoms. The first-order valence-electron chi connectivity index (χ1n) is 11.6. The highest BCUT2D eigenvalue weighted by Crippen LogP contribution is 2.39. The first-order chi connectivity index (χ1) is 16.7. The van der Waals surface area contributed by atoms with Crippen LogP contribution in [0.3, 0.4) is 0 Å². The maximum Gasteiger partial charge on any atom is 0.259 e. The molecule has 2 aromatic carbocycles. The van der Waals surface area contributed by atoms with Gasteiger partial charge in [-0.3, -0.25) is 4.79 Å². The lowest BCUT2D eigenvalue weighted by Gasteiger charge is -2.27. The van der Waals surface area contributed by atoms with Crippen molar-refractivity contribution in [2.24, 2.45) is 0 Å². The molecule has 2 aliphatic heterocycles. The summed E-state index contributed by atoms with van der Waals surface area (Å²) in [6.07, 6.45) is 3.66. The molecule has 0 radical (unpaired) electrons. The van der Waals surface area contributed by atoms with Gasteiger partial charge in [0, 0.05) is 29.9 Å². The average Bonchev–Trinajstić information content (AvgIpc) is 3.34. The van der Waals surface area contributed by atoms with Gasteiger partial charge < -0.3 is 28.4 Å². The Balaban J connectivity index is 1.64. The van der Waals surface area contributed by atoms with Crippen molar-refractivity contribution in [3.05, 3.63) is 34.6 Å². The number of ether oxygens (including phenoxy) is 4. The molecule has 0 spiro atoms. The minimum absolute atomic E-state index is 0.0903. The molecule has 6 rings (SSSR count). The van der Waals surface area contributed by atoms with E-state index >= 15 is 0 Å². The second-order valence-corrected chi connectivity index (χ2v) is 8.73. The molecule has 9 nitrogen and oxygen atoms in total. The number of hydrogen-bond donors (Lipinski definition) is 0. The Bertz CT molecular complexity index is 1480. The fourth-order valence-corrected chi connectivity index (χ4v) is 5.07. The van der Waals surface area contributed by atoms with Crippen molar-refractivity contribution in [1.82, 2.24) is 19.7 Å². The quantitative estimate of drug-likeness (QED) is 0.418. The number of hydrogen-bond acceptors (Lipinski definition) is 8. The third-order valence-electron chi connectivity index (χ3n) is 6.84. The molecule has 1 saturated heterocycles. The summed E-state index contributed by atoms with van der Waals surface area (Å²) in [5, 5.41) is 11.1. The molecule has 0 bridgehead atoms. The van der Waals surface area contributed by atoms with Gasteiger partial charge in [0.2, 0.25) is 6.79 Å². The Morgan fingerprint density at radius 2 is 1.56 bits per heavy atom. The topological polar surface area (TPSA) is 87.9 Å². The molecule has 0 unspecified atom stereocenters. The van der Waals surface area contributed by atoms with Crippen molar-refractivity contribution in [3.63, 3.8) is 0 Å². The van der Waals surface area contributed by atoms with Gasteiger partial charge in [0.25, 0.3) is 5.56 Å². The molecule has 9 heteroatoms. The van der Waals surface area contributed by atoms with E-state index in [-0.39, 0.29) is 12.4 Å². The van der Waals surface area contributed by atoms with Crippen LogP contribution in [0.1, 0.15) is 19.3 Å². The Hall–Kier alpha value is -3.59. The van der Waals surface area contributed by atoms with E-state index in [9.17, 15) is 4.79 Å². The molecular weight excluding hydrogens is 436 g/mol. The highest BCUT2D eigenvalue weighted by Gasteiger charge is 2.22. The zero-order valence-electron chi connectivity index (χ0n) is 19.3. The fourth-order valence-electron chi connectivity index (χ4n) is 5.07. The zero-order chi connectivity index (χ0) is 23.2. The van der Waals surface area contributed by atoms with Crippen molar-refractivity contribution >= 4 is 32.7 Å². The summed E-state index contributed by atoms with van der Waals surface area (Å²) in [7, 11) is 3.14. The zero-order valence-corrected chi connectivity index (χ0v) is 19.3. The van der Waals surface area contributed by atoms with Gasteiger partial charge in [-0.2, -0.15) is 0 Å². The van der Waals surface area contributed by atoms with E-state index in [0.29, 0.717) is 51.3 Å². The van der Waals surface area contributed by atoms with Crippen LogP contribution in [0.5, 0.6) is 23.0 Å². The van der Waals surface area contributed by atoms with E-state index < -0.39 is 0 Å². The Labute approximate surface area is 195 Å². The summed E-state index contributed by atoms with van der Waals surface area (Å²) in [5.41, 5.74) is 1.95. The van der Waals surface area contributed by atoms with Crippen LogP contribution in [0.15, 0.2) is 29.1 Å². The number of aromatic nitrogens is 3. The molecule has 0 saturated carbocycles. The van der Waals surface area contributed by atoms with E-state index in [2.05, 4.69) is 15.1 Å². The Morgan fingerprint density at radius 1 is 0.853 bits per heavy atom. The van der Waals surface area contributed by atoms with Crippen molar-refractivity contribution in [3.8, 4) is 23.0 Å². The van der Waals surface area contributed by atoms with E-state index in [4.69, 9.17) is 18.9 Å². The molecule has 0 atom stereocenters. The van der Waals surface area contributed by atoms with Crippen LogP contribution in [0.4, 0.5) is 0 Å². The highest BCUT2D eigenvalue weighted by molar-refractivity contribution is 6.13. The minimum Gasteiger partial charge on any atom is -0.493 e. The molecule has 4 heterocycles. The highest BCUT2D eigenvalue weighted by atomic mass is 16.7. The van der Waals surface area contributed by atoms with Gasteiger partial charge >= 0.3 is 0 Å². The van der Waals surface area contributed by atoms with Crippen LogP contribution in [0.25, 0.3) is 32.7 Å². The first kappa shape index (κ1) is 21.0. The molecule has 0 N–H and O–H groups in total. The summed E-state index contributed by atoms with van der Waals surface area (Å²) in [6, 6.07) is 7.26. The van der Waals surface area contributed by atoms with Gasteiger partial charge in [-0.05, 0) is 44.1 Å². The molecule has 0 aliphatic carbocycles. The van der Waals surface area contributed by atoms with E-state index in [0.717, 1.165) is 30.5 Å². The predicted octanol–water partition coefficient (Wildman–Crippen LogP) is 3.33. The molecule has 1 fully saturated rings. The van der Waals surface area contributed by atoms with Crippen LogP contribution in [0, 0.1) is 0 Å². The molecule has 4 aromatic rings. The summed E-state index contributed by atoms with van der Waals surface area (Å²) >= 11 is 0. The maximum atomic E-state index is 13.9. The van der Waals surface area contributed by atoms with Crippen molar-refractivity contribution in [2.45, 2.75) is 25.8 Å². The summed E-state index contributed by atoms with van der Waals surface area (Å²) in [6.45, 7) is 3.63. The molecule has 2 aromatic heterocycles. The summed E-state index contributed by atoms with van der Waals surface area (Å²) in [5.74, 6) is 2.32. The third-order valence-corrected chi connectivity index (χ3v) is 6.84. The predicted molar refractivity (Wildman–Crippen MR) is 128 cm³/mol. The minimum atomic E-state index is -0.0903. The van der Waals surface area contributed by atoms with Crippen molar-refractivity contribution in [2.75, 3.05) is 40.6 Å². The van der Waals surface area contributed by atoms with Crippen molar-refractivity contribution in [1.29, 1.82) is 0 Å². The van der Waals surface area contributed by atoms with Crippen LogP contribution >= 0.6 is 0 Å². The SMILES string of the molecule is COc1cc2c(=O)n(CCN3CCCCC3)c3c4cc5c(cc4nnc3c2cc1OC)OCO5. The van der Waals surface area contributed by atoms with E-state index in [1.807, 2.05) is 16.7 Å². The van der Waals surface area contributed by atoms with Gasteiger partial charge in [0.15, 0.2) is 23.0 Å². The molecule has 0 amide bonds. The average molecular weight is 463 g/mol. The Kier molecular flexibility index (Phi) is 5.13. The normalized spacial score (nSPS) is 15.9. The van der Waals surface area contributed by atoms with E-state index in [1.54, 1.807) is 26.4 Å². The van der Waals surface area contributed by atoms with Crippen LogP contribution in [0.2, 0.25) is 0 Å². The number of piperidine rings is 1. The number of rotatable bonds is 5. The smallest absolute Gasteiger partial charge is 0.259 e. The largest absolute Gasteiger partial charge is 0.493 e. The van der Waals surface area contributed by atoms with Crippen LogP contribution in [-0.4, -0.2) is 60.3 Å². The van der Waals surface area contributed by atoms with Gasteiger partial charge in [-0.25, -0.2) is 0 Å². The number of pyridine rings is 1. The van der Waals surface area contributed by atoms with Crippen LogP contribution in [-0.2, 0) is 6.54 Å². The van der Waals surface area contributed by atoms with Gasteiger partial charge in [0.05, 0.1) is 30.6 Å². The molecule has 176 valence electrons. The number of methoxy groups -OCH3 is 2. The third kappa shape index (κ3) is 3.30. The number of nitrogens with zero attached hydrogens (tertiary/aromatic N) is 4. The number of likely N-dealkylation sites (tertiary alicyclic amines) is 1. The molecule has 2 aliphatic rings. The van der Waals surface area contributed by atoms with E-state index in [1.165, 1.54) is 19.3 Å².